The number of hydrogen-bond donors (Lipinski definition) is 2. The molecule has 2 aliphatic rings. The molecule has 0 aromatic carbocycles. The van der Waals surface area contributed by atoms with E-state index in [2.05, 4.69) is 19.2 Å². The summed E-state index contributed by atoms with van der Waals surface area (Å²) in [5, 5.41) is 12.7. The van der Waals surface area contributed by atoms with E-state index in [0.29, 0.717) is 18.8 Å². The van der Waals surface area contributed by atoms with Crippen LogP contribution in [0.5, 0.6) is 0 Å². The molecule has 0 radical (unpaired) electrons. The van der Waals surface area contributed by atoms with E-state index in [1.54, 1.807) is 0 Å². The van der Waals surface area contributed by atoms with Gasteiger partial charge in [0.25, 0.3) is 5.91 Å². The number of rotatable bonds is 7. The zero-order chi connectivity index (χ0) is 14.9. The van der Waals surface area contributed by atoms with E-state index in [4.69, 9.17) is 0 Å². The van der Waals surface area contributed by atoms with Gasteiger partial charge < -0.3 is 10.4 Å². The normalized spacial score (nSPS) is 28.1. The standard InChI is InChI=1S/C15H26N2O3/c1-4-12(18)9-17-13(19)15(11-5-6-11,16-14(17)20)8-7-10(2)3/h10-12,18H,4-9H2,1-3H3,(H,16,20)/t12-,15+/m1/s1. The van der Waals surface area contributed by atoms with Crippen LogP contribution in [0.4, 0.5) is 4.79 Å². The molecule has 1 heterocycles. The van der Waals surface area contributed by atoms with Crippen LogP contribution >= 0.6 is 0 Å². The summed E-state index contributed by atoms with van der Waals surface area (Å²) in [5.41, 5.74) is -0.700. The molecule has 2 N–H and O–H groups in total. The van der Waals surface area contributed by atoms with Crippen LogP contribution in [-0.2, 0) is 4.79 Å². The summed E-state index contributed by atoms with van der Waals surface area (Å²) < 4.78 is 0. The van der Waals surface area contributed by atoms with Crippen molar-refractivity contribution in [1.82, 2.24) is 10.2 Å². The number of imide groups is 1. The first kappa shape index (κ1) is 15.3. The van der Waals surface area contributed by atoms with E-state index in [0.717, 1.165) is 19.3 Å². The Morgan fingerprint density at radius 1 is 1.40 bits per heavy atom. The minimum Gasteiger partial charge on any atom is -0.391 e. The molecule has 2 rings (SSSR count). The summed E-state index contributed by atoms with van der Waals surface area (Å²) in [4.78, 5) is 26.0. The monoisotopic (exact) mass is 282 g/mol. The molecule has 114 valence electrons. The van der Waals surface area contributed by atoms with Crippen molar-refractivity contribution in [2.45, 2.75) is 64.5 Å². The molecule has 1 aliphatic heterocycles. The molecule has 3 amide bonds. The highest BCUT2D eigenvalue weighted by molar-refractivity contribution is 6.07. The molecule has 0 bridgehead atoms. The van der Waals surface area contributed by atoms with Crippen molar-refractivity contribution < 1.29 is 14.7 Å². The molecule has 2 atom stereocenters. The first-order valence-electron chi connectivity index (χ1n) is 7.73. The number of nitrogens with one attached hydrogen (secondary N) is 1. The van der Waals surface area contributed by atoms with Crippen molar-refractivity contribution in [3.63, 3.8) is 0 Å². The zero-order valence-electron chi connectivity index (χ0n) is 12.7. The Hall–Kier alpha value is -1.10. The Bertz CT molecular complexity index is 393. The van der Waals surface area contributed by atoms with E-state index in [1.807, 2.05) is 6.92 Å². The maximum atomic E-state index is 12.7. The van der Waals surface area contributed by atoms with E-state index >= 15 is 0 Å². The highest BCUT2D eigenvalue weighted by Gasteiger charge is 2.58. The topological polar surface area (TPSA) is 69.6 Å². The van der Waals surface area contributed by atoms with Gasteiger partial charge in [0.15, 0.2) is 0 Å². The van der Waals surface area contributed by atoms with Crippen molar-refractivity contribution in [2.75, 3.05) is 6.54 Å². The fraction of sp³-hybridized carbons (Fsp3) is 0.867. The minimum absolute atomic E-state index is 0.108. The second kappa shape index (κ2) is 5.72. The van der Waals surface area contributed by atoms with Crippen LogP contribution in [0.3, 0.4) is 0 Å². The largest absolute Gasteiger partial charge is 0.391 e. The summed E-state index contributed by atoms with van der Waals surface area (Å²) in [5.74, 6) is 0.658. The Morgan fingerprint density at radius 2 is 2.05 bits per heavy atom. The van der Waals surface area contributed by atoms with Crippen molar-refractivity contribution in [3.05, 3.63) is 0 Å². The van der Waals surface area contributed by atoms with Crippen LogP contribution in [0.15, 0.2) is 0 Å². The van der Waals surface area contributed by atoms with Crippen LogP contribution in [0.25, 0.3) is 0 Å². The van der Waals surface area contributed by atoms with Crippen LogP contribution < -0.4 is 5.32 Å². The number of carbonyl (C=O) groups is 2. The minimum atomic E-state index is -0.700. The average Bonchev–Trinajstić information content (AvgIpc) is 3.20. The number of aliphatic hydroxyl groups excluding tert-OH is 1. The SMILES string of the molecule is CC[C@@H](O)CN1C(=O)N[C@@](CCC(C)C)(C2CC2)C1=O. The van der Waals surface area contributed by atoms with Gasteiger partial charge in [-0.1, -0.05) is 20.8 Å². The maximum Gasteiger partial charge on any atom is 0.325 e. The van der Waals surface area contributed by atoms with Gasteiger partial charge in [-0.2, -0.15) is 0 Å². The van der Waals surface area contributed by atoms with Crippen LogP contribution in [0.2, 0.25) is 0 Å². The lowest BCUT2D eigenvalue weighted by Crippen LogP contribution is -2.49. The first-order valence-corrected chi connectivity index (χ1v) is 7.73. The van der Waals surface area contributed by atoms with E-state index in [-0.39, 0.29) is 24.4 Å². The van der Waals surface area contributed by atoms with Gasteiger partial charge in [0.1, 0.15) is 5.54 Å². The predicted octanol–water partition coefficient (Wildman–Crippen LogP) is 1.89. The van der Waals surface area contributed by atoms with Crippen LogP contribution in [-0.4, -0.2) is 40.1 Å². The molecular weight excluding hydrogens is 256 g/mol. The third-order valence-corrected chi connectivity index (χ3v) is 4.46. The van der Waals surface area contributed by atoms with E-state index in [9.17, 15) is 14.7 Å². The smallest absolute Gasteiger partial charge is 0.325 e. The summed E-state index contributed by atoms with van der Waals surface area (Å²) in [6, 6.07) is -0.335. The maximum absolute atomic E-state index is 12.7. The lowest BCUT2D eigenvalue weighted by Gasteiger charge is -2.27. The number of aliphatic hydroxyl groups is 1. The quantitative estimate of drug-likeness (QED) is 0.701. The number of urea groups is 1. The molecule has 0 spiro atoms. The lowest BCUT2D eigenvalue weighted by atomic mass is 9.85. The lowest BCUT2D eigenvalue weighted by molar-refractivity contribution is -0.133. The third-order valence-electron chi connectivity index (χ3n) is 4.46. The summed E-state index contributed by atoms with van der Waals surface area (Å²) >= 11 is 0. The van der Waals surface area contributed by atoms with E-state index < -0.39 is 11.6 Å². The summed E-state index contributed by atoms with van der Waals surface area (Å²) in [6.45, 7) is 6.20. The summed E-state index contributed by atoms with van der Waals surface area (Å²) in [7, 11) is 0. The molecule has 2 fully saturated rings. The number of β-amino-alcohol motifs (C(OH)–C–C–N with tert-alkyl or cyclic N) is 1. The predicted molar refractivity (Wildman–Crippen MR) is 76.1 cm³/mol. The van der Waals surface area contributed by atoms with Gasteiger partial charge in [-0.05, 0) is 43.9 Å². The molecule has 5 nitrogen and oxygen atoms in total. The van der Waals surface area contributed by atoms with Gasteiger partial charge >= 0.3 is 6.03 Å². The second-order valence-electron chi connectivity index (χ2n) is 6.59. The van der Waals surface area contributed by atoms with Crippen molar-refractivity contribution >= 4 is 11.9 Å². The van der Waals surface area contributed by atoms with Crippen molar-refractivity contribution in [1.29, 1.82) is 0 Å². The fourth-order valence-electron chi connectivity index (χ4n) is 2.89. The number of carbonyl (C=O) groups excluding carboxylic acids is 2. The average molecular weight is 282 g/mol. The molecule has 0 aromatic heterocycles. The third kappa shape index (κ3) is 2.82. The van der Waals surface area contributed by atoms with Crippen molar-refractivity contribution in [2.24, 2.45) is 11.8 Å². The van der Waals surface area contributed by atoms with Gasteiger partial charge in [0, 0.05) is 0 Å². The highest BCUT2D eigenvalue weighted by atomic mass is 16.3. The number of hydrogen-bond acceptors (Lipinski definition) is 3. The number of amides is 3. The van der Waals surface area contributed by atoms with Crippen molar-refractivity contribution in [3.8, 4) is 0 Å². The van der Waals surface area contributed by atoms with Gasteiger partial charge in [-0.25, -0.2) is 4.79 Å². The number of nitrogens with zero attached hydrogens (tertiary/aromatic N) is 1. The first-order chi connectivity index (χ1) is 9.40. The molecule has 0 aromatic rings. The summed E-state index contributed by atoms with van der Waals surface area (Å²) in [6.07, 6.45) is 3.55. The molecule has 1 saturated carbocycles. The molecule has 0 unspecified atom stereocenters. The molecular formula is C15H26N2O3. The Labute approximate surface area is 120 Å². The van der Waals surface area contributed by atoms with Gasteiger partial charge in [0.05, 0.1) is 12.6 Å². The van der Waals surface area contributed by atoms with Crippen LogP contribution in [0, 0.1) is 11.8 Å². The molecule has 20 heavy (non-hydrogen) atoms. The fourth-order valence-corrected chi connectivity index (χ4v) is 2.89. The molecule has 5 heteroatoms. The van der Waals surface area contributed by atoms with Gasteiger partial charge in [-0.3, -0.25) is 9.69 Å². The second-order valence-corrected chi connectivity index (χ2v) is 6.59. The molecule has 1 saturated heterocycles. The van der Waals surface area contributed by atoms with E-state index in [1.165, 1.54) is 4.90 Å². The molecule has 1 aliphatic carbocycles. The van der Waals surface area contributed by atoms with Gasteiger partial charge in [-0.15, -0.1) is 0 Å². The van der Waals surface area contributed by atoms with Gasteiger partial charge in [0.2, 0.25) is 0 Å². The zero-order valence-corrected chi connectivity index (χ0v) is 12.7. The Kier molecular flexibility index (Phi) is 4.37. The Balaban J connectivity index is 2.13. The van der Waals surface area contributed by atoms with Crippen LogP contribution in [0.1, 0.15) is 52.9 Å². The Morgan fingerprint density at radius 3 is 2.55 bits per heavy atom. The highest BCUT2D eigenvalue weighted by Crippen LogP contribution is 2.45.